The molecule has 0 saturated carbocycles. The number of benzene rings is 3. The highest BCUT2D eigenvalue weighted by Gasteiger charge is 2.22. The summed E-state index contributed by atoms with van der Waals surface area (Å²) in [4.78, 5) is 12.9. The largest absolute Gasteiger partial charge is 0.485 e. The molecule has 1 N–H and O–H groups in total. The maximum absolute atomic E-state index is 12.9. The maximum atomic E-state index is 12.9. The Hall–Kier alpha value is -3.58. The summed E-state index contributed by atoms with van der Waals surface area (Å²) in [7, 11) is 0. The van der Waals surface area contributed by atoms with Crippen LogP contribution in [0, 0.1) is 13.8 Å². The van der Waals surface area contributed by atoms with Crippen molar-refractivity contribution in [2.75, 3.05) is 5.32 Å². The third-order valence-electron chi connectivity index (χ3n) is 5.22. The molecule has 0 spiro atoms. The highest BCUT2D eigenvalue weighted by Crippen LogP contribution is 2.28. The Morgan fingerprint density at radius 2 is 1.61 bits per heavy atom. The summed E-state index contributed by atoms with van der Waals surface area (Å²) in [6, 6.07) is 25.5. The molecule has 0 radical (unpaired) electrons. The lowest BCUT2D eigenvalue weighted by molar-refractivity contribution is -0.115. The van der Waals surface area contributed by atoms with Gasteiger partial charge in [-0.15, -0.1) is 10.2 Å². The first kappa shape index (κ1) is 22.6. The zero-order valence-electron chi connectivity index (χ0n) is 18.9. The van der Waals surface area contributed by atoms with Gasteiger partial charge >= 0.3 is 0 Å². The van der Waals surface area contributed by atoms with Gasteiger partial charge in [0.1, 0.15) is 12.4 Å². The molecule has 0 fully saturated rings. The Kier molecular flexibility index (Phi) is 7.10. The number of nitrogens with zero attached hydrogens (tertiary/aromatic N) is 3. The number of ether oxygens (including phenoxy) is 1. The number of carbonyl (C=O) groups is 1. The molecule has 0 saturated heterocycles. The van der Waals surface area contributed by atoms with E-state index in [-0.39, 0.29) is 17.8 Å². The number of para-hydroxylation sites is 3. The van der Waals surface area contributed by atoms with E-state index in [2.05, 4.69) is 15.5 Å². The van der Waals surface area contributed by atoms with Crippen molar-refractivity contribution in [3.63, 3.8) is 0 Å². The van der Waals surface area contributed by atoms with Crippen LogP contribution in [-0.4, -0.2) is 25.9 Å². The molecule has 0 aliphatic rings. The molecule has 7 heteroatoms. The average molecular weight is 459 g/mol. The Bertz CT molecular complexity index is 1240. The minimum absolute atomic E-state index is 0.0883. The third kappa shape index (κ3) is 5.43. The summed E-state index contributed by atoms with van der Waals surface area (Å²) in [5, 5.41) is 12.0. The molecule has 0 aliphatic heterocycles. The lowest BCUT2D eigenvalue weighted by Gasteiger charge is -2.15. The predicted octanol–water partition coefficient (Wildman–Crippen LogP) is 5.58. The number of rotatable bonds is 8. The summed E-state index contributed by atoms with van der Waals surface area (Å²) in [5.74, 6) is 1.38. The van der Waals surface area contributed by atoms with Crippen LogP contribution in [-0.2, 0) is 11.4 Å². The van der Waals surface area contributed by atoms with Gasteiger partial charge in [0.05, 0.1) is 5.25 Å². The normalized spacial score (nSPS) is 11.7. The van der Waals surface area contributed by atoms with Gasteiger partial charge in [0.2, 0.25) is 5.91 Å². The minimum atomic E-state index is -0.374. The molecule has 4 rings (SSSR count). The molecule has 168 valence electrons. The van der Waals surface area contributed by atoms with Crippen LogP contribution in [0.15, 0.2) is 84.0 Å². The van der Waals surface area contributed by atoms with E-state index >= 15 is 0 Å². The second kappa shape index (κ2) is 10.4. The number of nitrogens with one attached hydrogen (secondary N) is 1. The highest BCUT2D eigenvalue weighted by atomic mass is 32.2. The van der Waals surface area contributed by atoms with Gasteiger partial charge in [-0.3, -0.25) is 9.36 Å². The quantitative estimate of drug-likeness (QED) is 0.349. The van der Waals surface area contributed by atoms with Gasteiger partial charge in [0.15, 0.2) is 11.0 Å². The van der Waals surface area contributed by atoms with Crippen molar-refractivity contribution in [1.82, 2.24) is 14.8 Å². The molecule has 6 nitrogen and oxygen atoms in total. The number of amides is 1. The SMILES string of the molecule is Cc1ccccc1NC(=O)C(C)Sc1nnc(COc2ccccc2C)n1-c1ccccc1. The van der Waals surface area contributed by atoms with Crippen LogP contribution in [0.2, 0.25) is 0 Å². The van der Waals surface area contributed by atoms with Crippen LogP contribution in [0.1, 0.15) is 23.9 Å². The van der Waals surface area contributed by atoms with Gasteiger partial charge in [0, 0.05) is 11.4 Å². The Balaban J connectivity index is 1.55. The van der Waals surface area contributed by atoms with Gasteiger partial charge in [-0.2, -0.15) is 0 Å². The van der Waals surface area contributed by atoms with Crippen molar-refractivity contribution in [2.45, 2.75) is 37.8 Å². The molecular formula is C26H26N4O2S. The van der Waals surface area contributed by atoms with E-state index in [1.807, 2.05) is 104 Å². The van der Waals surface area contributed by atoms with Crippen LogP contribution in [0.4, 0.5) is 5.69 Å². The second-order valence-electron chi connectivity index (χ2n) is 7.69. The summed E-state index contributed by atoms with van der Waals surface area (Å²) in [6.07, 6.45) is 0. The fourth-order valence-corrected chi connectivity index (χ4v) is 4.21. The topological polar surface area (TPSA) is 69.0 Å². The number of anilines is 1. The Morgan fingerprint density at radius 3 is 2.33 bits per heavy atom. The fourth-order valence-electron chi connectivity index (χ4n) is 3.33. The van der Waals surface area contributed by atoms with Crippen LogP contribution in [0.3, 0.4) is 0 Å². The minimum Gasteiger partial charge on any atom is -0.485 e. The number of aromatic nitrogens is 3. The fraction of sp³-hybridized carbons (Fsp3) is 0.192. The molecule has 1 unspecified atom stereocenters. The molecule has 1 amide bonds. The van der Waals surface area contributed by atoms with Crippen molar-refractivity contribution >= 4 is 23.4 Å². The number of thioether (sulfide) groups is 1. The van der Waals surface area contributed by atoms with E-state index < -0.39 is 0 Å². The van der Waals surface area contributed by atoms with Gasteiger partial charge in [-0.25, -0.2) is 0 Å². The smallest absolute Gasteiger partial charge is 0.237 e. The average Bonchev–Trinajstić information content (AvgIpc) is 3.22. The zero-order chi connectivity index (χ0) is 23.2. The molecule has 1 heterocycles. The van der Waals surface area contributed by atoms with Gasteiger partial charge < -0.3 is 10.1 Å². The van der Waals surface area contributed by atoms with Crippen LogP contribution in [0.25, 0.3) is 5.69 Å². The second-order valence-corrected chi connectivity index (χ2v) is 9.00. The van der Waals surface area contributed by atoms with E-state index in [1.165, 1.54) is 11.8 Å². The molecule has 0 bridgehead atoms. The predicted molar refractivity (Wildman–Crippen MR) is 132 cm³/mol. The van der Waals surface area contributed by atoms with Crippen molar-refractivity contribution in [3.8, 4) is 11.4 Å². The van der Waals surface area contributed by atoms with E-state index in [4.69, 9.17) is 4.74 Å². The Labute approximate surface area is 198 Å². The van der Waals surface area contributed by atoms with Gasteiger partial charge in [0.25, 0.3) is 0 Å². The van der Waals surface area contributed by atoms with Crippen molar-refractivity contribution in [3.05, 3.63) is 95.8 Å². The third-order valence-corrected chi connectivity index (χ3v) is 6.26. The standard InChI is InChI=1S/C26H26N4O2S/c1-18-11-7-9-15-22(18)27-25(31)20(3)33-26-29-28-24(30(26)21-13-5-4-6-14-21)17-32-23-16-10-8-12-19(23)2/h4-16,20H,17H2,1-3H3,(H,27,31). The number of hydrogen-bond acceptors (Lipinski definition) is 5. The van der Waals surface area contributed by atoms with Crippen LogP contribution in [0.5, 0.6) is 5.75 Å². The van der Waals surface area contributed by atoms with Crippen molar-refractivity contribution < 1.29 is 9.53 Å². The molecule has 0 aliphatic carbocycles. The highest BCUT2D eigenvalue weighted by molar-refractivity contribution is 8.00. The van der Waals surface area contributed by atoms with Crippen LogP contribution < -0.4 is 10.1 Å². The lowest BCUT2D eigenvalue weighted by atomic mass is 10.2. The number of aryl methyl sites for hydroxylation is 2. The van der Waals surface area contributed by atoms with E-state index in [0.717, 1.165) is 28.3 Å². The first-order chi connectivity index (χ1) is 16.0. The number of hydrogen-bond donors (Lipinski definition) is 1. The Morgan fingerprint density at radius 1 is 0.939 bits per heavy atom. The van der Waals surface area contributed by atoms with Crippen LogP contribution >= 0.6 is 11.8 Å². The molecule has 4 aromatic rings. The first-order valence-corrected chi connectivity index (χ1v) is 11.6. The molecule has 1 aromatic heterocycles. The number of carbonyl (C=O) groups excluding carboxylic acids is 1. The lowest BCUT2D eigenvalue weighted by Crippen LogP contribution is -2.23. The van der Waals surface area contributed by atoms with Gasteiger partial charge in [-0.05, 0) is 56.2 Å². The molecular weight excluding hydrogens is 432 g/mol. The molecule has 33 heavy (non-hydrogen) atoms. The van der Waals surface area contributed by atoms with Crippen molar-refractivity contribution in [2.24, 2.45) is 0 Å². The summed E-state index contributed by atoms with van der Waals surface area (Å²) < 4.78 is 7.98. The molecule has 1 atom stereocenters. The summed E-state index contributed by atoms with van der Waals surface area (Å²) >= 11 is 1.37. The van der Waals surface area contributed by atoms with E-state index in [1.54, 1.807) is 0 Å². The summed E-state index contributed by atoms with van der Waals surface area (Å²) in [6.45, 7) is 6.11. The first-order valence-electron chi connectivity index (χ1n) is 10.7. The zero-order valence-corrected chi connectivity index (χ0v) is 19.7. The molecule has 3 aromatic carbocycles. The van der Waals surface area contributed by atoms with Gasteiger partial charge in [-0.1, -0.05) is 66.4 Å². The summed E-state index contributed by atoms with van der Waals surface area (Å²) in [5.41, 5.74) is 3.80. The van der Waals surface area contributed by atoms with Crippen molar-refractivity contribution in [1.29, 1.82) is 0 Å². The monoisotopic (exact) mass is 458 g/mol. The maximum Gasteiger partial charge on any atom is 0.237 e. The van der Waals surface area contributed by atoms with E-state index in [0.29, 0.717) is 11.0 Å². The van der Waals surface area contributed by atoms with E-state index in [9.17, 15) is 4.79 Å².